The van der Waals surface area contributed by atoms with Gasteiger partial charge in [-0.3, -0.25) is 38.6 Å². The highest BCUT2D eigenvalue weighted by Crippen LogP contribution is 2.29. The highest BCUT2D eigenvalue weighted by molar-refractivity contribution is 5.97. The highest BCUT2D eigenvalue weighted by Gasteiger charge is 2.35. The summed E-state index contributed by atoms with van der Waals surface area (Å²) >= 11 is 0. The van der Waals surface area contributed by atoms with Gasteiger partial charge in [-0.15, -0.1) is 0 Å². The van der Waals surface area contributed by atoms with Gasteiger partial charge in [0.25, 0.3) is 0 Å². The Morgan fingerprint density at radius 1 is 0.569 bits per heavy atom. The fraction of sp³-hybridized carbons (Fsp3) is 0.706. The predicted molar refractivity (Wildman–Crippen MR) is 275 cm³/mol. The van der Waals surface area contributed by atoms with Gasteiger partial charge in [-0.25, -0.2) is 4.79 Å². The van der Waals surface area contributed by atoms with Crippen molar-refractivity contribution in [3.63, 3.8) is 0 Å². The number of carboxylic acids is 1. The Bertz CT molecular complexity index is 1920. The van der Waals surface area contributed by atoms with Crippen LogP contribution in [0.2, 0.25) is 0 Å². The van der Waals surface area contributed by atoms with Crippen LogP contribution in [0.4, 0.5) is 0 Å². The summed E-state index contributed by atoms with van der Waals surface area (Å²) in [6.07, 6.45) is 12.1. The molecule has 1 aromatic rings. The number of carbonyl (C=O) groups is 8. The van der Waals surface area contributed by atoms with Crippen LogP contribution in [0.25, 0.3) is 0 Å². The van der Waals surface area contributed by atoms with Crippen LogP contribution in [0, 0.1) is 17.8 Å². The number of nitrogens with two attached hydrogens (primary N) is 4. The number of rotatable bonds is 31. The summed E-state index contributed by atoms with van der Waals surface area (Å²) in [4.78, 5) is 113. The third-order valence-electron chi connectivity index (χ3n) is 13.5. The number of hydrogen-bond acceptors (Lipinski definition) is 11. The van der Waals surface area contributed by atoms with Gasteiger partial charge in [-0.1, -0.05) is 108 Å². The molecule has 0 unspecified atom stereocenters. The molecule has 2 aliphatic carbocycles. The summed E-state index contributed by atoms with van der Waals surface area (Å²) < 4.78 is 0. The third kappa shape index (κ3) is 22.7. The molecule has 0 radical (unpaired) electrons. The van der Waals surface area contributed by atoms with E-state index >= 15 is 0 Å². The van der Waals surface area contributed by atoms with Crippen molar-refractivity contribution >= 4 is 53.3 Å². The molecule has 2 aliphatic rings. The van der Waals surface area contributed by atoms with Crippen LogP contribution in [0.3, 0.4) is 0 Å². The van der Waals surface area contributed by atoms with Crippen LogP contribution < -0.4 is 60.2 Å². The quantitative estimate of drug-likeness (QED) is 0.0283. The van der Waals surface area contributed by atoms with Gasteiger partial charge in [0, 0.05) is 6.54 Å². The first kappa shape index (κ1) is 60.5. The van der Waals surface area contributed by atoms with Gasteiger partial charge in [-0.2, -0.15) is 0 Å². The van der Waals surface area contributed by atoms with E-state index in [9.17, 15) is 43.5 Å². The molecule has 0 aliphatic heterocycles. The van der Waals surface area contributed by atoms with Crippen LogP contribution in [0.5, 0.6) is 0 Å². The van der Waals surface area contributed by atoms with E-state index in [2.05, 4.69) is 42.2 Å². The van der Waals surface area contributed by atoms with Gasteiger partial charge in [0.15, 0.2) is 5.96 Å². The Kier molecular flexibility index (Phi) is 27.1. The van der Waals surface area contributed by atoms with Crippen LogP contribution in [-0.2, 0) is 44.8 Å². The highest BCUT2D eigenvalue weighted by atomic mass is 16.4. The van der Waals surface area contributed by atoms with Crippen molar-refractivity contribution in [2.24, 2.45) is 45.7 Å². The molecular weight excluding hydrogens is 925 g/mol. The lowest BCUT2D eigenvalue weighted by Crippen LogP contribution is -2.60. The molecule has 16 N–H and O–H groups in total. The summed E-state index contributed by atoms with van der Waals surface area (Å²) in [5, 5.41) is 29.0. The van der Waals surface area contributed by atoms with Gasteiger partial charge in [-0.05, 0) is 101 Å². The lowest BCUT2D eigenvalue weighted by molar-refractivity contribution is -0.142. The van der Waals surface area contributed by atoms with Gasteiger partial charge in [0.1, 0.15) is 42.3 Å². The Morgan fingerprint density at radius 3 is 1.50 bits per heavy atom. The van der Waals surface area contributed by atoms with E-state index in [0.29, 0.717) is 25.8 Å². The minimum Gasteiger partial charge on any atom is -0.480 e. The van der Waals surface area contributed by atoms with E-state index in [1.807, 2.05) is 44.2 Å². The second-order valence-electron chi connectivity index (χ2n) is 20.2. The molecule has 21 heteroatoms. The number of carboxylic acid groups (broad SMARTS) is 1. The van der Waals surface area contributed by atoms with Crippen molar-refractivity contribution in [3.05, 3.63) is 35.9 Å². The first-order chi connectivity index (χ1) is 34.3. The summed E-state index contributed by atoms with van der Waals surface area (Å²) in [7, 11) is 0. The standard InChI is InChI=1S/C51H86N12O9/c1-31(2)27-40(47(68)58-32(3)43(64)60-39(50(71)72)24-16-26-56-51(54)55)62-49(70)42(30-36-21-12-7-13-22-36)63-48(69)41(29-35-19-10-6-11-20-35)61-44(65)33(4)57-46(67)38(23-14-15-25-52)59-45(66)37(53)28-34-17-8-5-9-18-34/h5,8-9,17-18,31-33,35-42H,6-7,10-16,19-30,52-53H2,1-4H3,(H,57,67)(H,58,68)(H,59,66)(H,60,64)(H,61,65)(H,62,70)(H,63,69)(H,71,72)(H4,54,55,56)/t32-,33+,37+,38+,39+,40+,41+,42+/m1/s1. The smallest absolute Gasteiger partial charge is 0.326 e. The van der Waals surface area contributed by atoms with Crippen molar-refractivity contribution in [2.75, 3.05) is 13.1 Å². The van der Waals surface area contributed by atoms with Crippen molar-refractivity contribution < 1.29 is 43.5 Å². The molecule has 1 aromatic carbocycles. The van der Waals surface area contributed by atoms with E-state index in [4.69, 9.17) is 22.9 Å². The fourth-order valence-corrected chi connectivity index (χ4v) is 9.34. The van der Waals surface area contributed by atoms with Crippen molar-refractivity contribution in [2.45, 2.75) is 198 Å². The minimum absolute atomic E-state index is 0.0306. The zero-order valence-electron chi connectivity index (χ0n) is 43.1. The Morgan fingerprint density at radius 2 is 1.01 bits per heavy atom. The maximum absolute atomic E-state index is 14.5. The van der Waals surface area contributed by atoms with Gasteiger partial charge in [0.05, 0.1) is 6.04 Å². The monoisotopic (exact) mass is 1010 g/mol. The number of amides is 7. The zero-order valence-corrected chi connectivity index (χ0v) is 43.1. The number of unbranched alkanes of at least 4 members (excludes halogenated alkanes) is 1. The van der Waals surface area contributed by atoms with Crippen LogP contribution in [0.15, 0.2) is 35.3 Å². The van der Waals surface area contributed by atoms with Crippen LogP contribution >= 0.6 is 0 Å². The lowest BCUT2D eigenvalue weighted by atomic mass is 9.83. The topological polar surface area (TPSA) is 357 Å². The number of guanidine groups is 1. The Hall–Kier alpha value is -5.83. The van der Waals surface area contributed by atoms with Crippen LogP contribution in [-0.4, -0.2) is 120 Å². The van der Waals surface area contributed by atoms with E-state index in [1.54, 1.807) is 0 Å². The second-order valence-corrected chi connectivity index (χ2v) is 20.2. The molecule has 0 bridgehead atoms. The third-order valence-corrected chi connectivity index (χ3v) is 13.5. The molecule has 2 saturated carbocycles. The lowest BCUT2D eigenvalue weighted by Gasteiger charge is -2.31. The first-order valence-corrected chi connectivity index (χ1v) is 26.2. The van der Waals surface area contributed by atoms with E-state index in [1.165, 1.54) is 13.8 Å². The minimum atomic E-state index is -1.27. The van der Waals surface area contributed by atoms with Crippen molar-refractivity contribution in [3.8, 4) is 0 Å². The summed E-state index contributed by atoms with van der Waals surface area (Å²) in [5.41, 5.74) is 23.5. The molecule has 0 heterocycles. The average Bonchev–Trinajstić information content (AvgIpc) is 3.34. The summed E-state index contributed by atoms with van der Waals surface area (Å²) in [5.74, 6) is -5.64. The molecule has 3 rings (SSSR count). The van der Waals surface area contributed by atoms with Gasteiger partial charge < -0.3 is 65.3 Å². The van der Waals surface area contributed by atoms with Crippen molar-refractivity contribution in [1.82, 2.24) is 37.2 Å². The molecule has 21 nitrogen and oxygen atoms in total. The maximum atomic E-state index is 14.5. The molecule has 2 fully saturated rings. The Balaban J connectivity index is 1.79. The predicted octanol–water partition coefficient (Wildman–Crippen LogP) is 1.24. The number of nitrogens with one attached hydrogen (secondary N) is 7. The molecule has 404 valence electrons. The van der Waals surface area contributed by atoms with Gasteiger partial charge >= 0.3 is 5.97 Å². The molecule has 8 atom stereocenters. The first-order valence-electron chi connectivity index (χ1n) is 26.2. The Labute approximate surface area is 425 Å². The number of aliphatic carboxylic acids is 1. The van der Waals surface area contributed by atoms with E-state index < -0.39 is 95.7 Å². The van der Waals surface area contributed by atoms with E-state index in [-0.39, 0.29) is 68.8 Å². The molecule has 0 spiro atoms. The molecule has 0 saturated heterocycles. The summed E-state index contributed by atoms with van der Waals surface area (Å²) in [6.45, 7) is 7.18. The normalized spacial score (nSPS) is 17.5. The number of benzene rings is 1. The fourth-order valence-electron chi connectivity index (χ4n) is 9.34. The number of hydrogen-bond donors (Lipinski definition) is 12. The molecule has 72 heavy (non-hydrogen) atoms. The van der Waals surface area contributed by atoms with E-state index in [0.717, 1.165) is 69.8 Å². The zero-order chi connectivity index (χ0) is 53.2. The van der Waals surface area contributed by atoms with Crippen molar-refractivity contribution in [1.29, 1.82) is 0 Å². The number of nitrogens with zero attached hydrogens (tertiary/aromatic N) is 1. The number of carbonyl (C=O) groups excluding carboxylic acids is 7. The molecule has 7 amide bonds. The molecule has 0 aromatic heterocycles. The van der Waals surface area contributed by atoms with Crippen LogP contribution in [0.1, 0.15) is 149 Å². The largest absolute Gasteiger partial charge is 0.480 e. The maximum Gasteiger partial charge on any atom is 0.326 e. The molecular formula is C51H86N12O9. The summed E-state index contributed by atoms with van der Waals surface area (Å²) in [6, 6.07) is 0.460. The van der Waals surface area contributed by atoms with Gasteiger partial charge in [0.2, 0.25) is 41.4 Å². The second kappa shape index (κ2) is 32.3. The average molecular weight is 1010 g/mol. The SMILES string of the molecule is CC(C)C[C@H](NC(=O)[C@H](CC1CCCCC1)NC(=O)[C@H](CC1CCCCC1)NC(=O)[C@H](C)NC(=O)[C@H](CCCCN)NC(=O)[C@@H](N)Cc1ccccc1)C(=O)N[C@H](C)C(=O)N[C@@H](CCCN=C(N)N)C(=O)O. The number of aliphatic imine (C=N–C) groups is 1.